The van der Waals surface area contributed by atoms with E-state index in [9.17, 15) is 5.11 Å². The van der Waals surface area contributed by atoms with Crippen molar-refractivity contribution in [3.8, 4) is 0 Å². The Hall–Kier alpha value is -1.86. The van der Waals surface area contributed by atoms with Crippen molar-refractivity contribution in [3.05, 3.63) is 77.4 Å². The minimum Gasteiger partial charge on any atom is -0.388 e. The lowest BCUT2D eigenvalue weighted by molar-refractivity contribution is 0.157. The second-order valence-electron chi connectivity index (χ2n) is 5.66. The van der Waals surface area contributed by atoms with Gasteiger partial charge < -0.3 is 5.11 Å². The molecule has 0 saturated carbocycles. The number of benzene rings is 2. The first-order chi connectivity index (χ1) is 9.70. The van der Waals surface area contributed by atoms with Crippen LogP contribution in [0, 0.1) is 5.92 Å². The summed E-state index contributed by atoms with van der Waals surface area (Å²) < 4.78 is 0. The van der Waals surface area contributed by atoms with Crippen LogP contribution < -0.4 is 0 Å². The van der Waals surface area contributed by atoms with Gasteiger partial charge >= 0.3 is 0 Å². The molecule has 2 aromatic carbocycles. The molecular formula is C19H20O. The summed E-state index contributed by atoms with van der Waals surface area (Å²) in [5, 5.41) is 10.5. The van der Waals surface area contributed by atoms with Gasteiger partial charge in [0.1, 0.15) is 0 Å². The lowest BCUT2D eigenvalue weighted by Crippen LogP contribution is -2.17. The number of hydrogen-bond donors (Lipinski definition) is 1. The fraction of sp³-hybridized carbons (Fsp3) is 0.263. The zero-order chi connectivity index (χ0) is 14.1. The molecule has 20 heavy (non-hydrogen) atoms. The van der Waals surface area contributed by atoms with Gasteiger partial charge in [-0.2, -0.15) is 0 Å². The summed E-state index contributed by atoms with van der Waals surface area (Å²) >= 11 is 0. The monoisotopic (exact) mass is 264 g/mol. The smallest absolute Gasteiger partial charge is 0.0788 e. The molecular weight excluding hydrogens is 244 g/mol. The molecule has 102 valence electrons. The molecule has 3 rings (SSSR count). The lowest BCUT2D eigenvalue weighted by atomic mass is 9.83. The Labute approximate surface area is 120 Å². The van der Waals surface area contributed by atoms with Crippen LogP contribution in [0.1, 0.15) is 30.9 Å². The molecule has 0 fully saturated rings. The molecule has 0 amide bonds. The van der Waals surface area contributed by atoms with E-state index in [1.165, 1.54) is 16.7 Å². The molecule has 0 heterocycles. The van der Waals surface area contributed by atoms with E-state index < -0.39 is 0 Å². The van der Waals surface area contributed by atoms with E-state index in [1.54, 1.807) is 0 Å². The molecule has 1 N–H and O–H groups in total. The molecule has 0 saturated heterocycles. The topological polar surface area (TPSA) is 20.2 Å². The molecule has 0 bridgehead atoms. The maximum absolute atomic E-state index is 10.5. The molecule has 1 nitrogen and oxygen atoms in total. The molecule has 0 aliphatic heterocycles. The van der Waals surface area contributed by atoms with Gasteiger partial charge in [-0.25, -0.2) is 0 Å². The van der Waals surface area contributed by atoms with Crippen molar-refractivity contribution in [1.82, 2.24) is 0 Å². The van der Waals surface area contributed by atoms with E-state index in [-0.39, 0.29) is 17.9 Å². The van der Waals surface area contributed by atoms with E-state index in [2.05, 4.69) is 62.4 Å². The summed E-state index contributed by atoms with van der Waals surface area (Å²) in [6.07, 6.45) is -0.351. The molecule has 0 spiro atoms. The highest BCUT2D eigenvalue weighted by Gasteiger charge is 2.38. The molecule has 1 aliphatic carbocycles. The number of allylic oxidation sites excluding steroid dienone is 1. The van der Waals surface area contributed by atoms with Crippen LogP contribution in [0.25, 0.3) is 5.57 Å². The van der Waals surface area contributed by atoms with Gasteiger partial charge in [0.2, 0.25) is 0 Å². The predicted molar refractivity (Wildman–Crippen MR) is 83.4 cm³/mol. The Morgan fingerprint density at radius 3 is 2.00 bits per heavy atom. The van der Waals surface area contributed by atoms with Gasteiger partial charge in [-0.15, -0.1) is 0 Å². The molecule has 0 radical (unpaired) electrons. The minimum atomic E-state index is -0.351. The van der Waals surface area contributed by atoms with Crippen molar-refractivity contribution in [2.75, 3.05) is 0 Å². The summed E-state index contributed by atoms with van der Waals surface area (Å²) in [7, 11) is 0. The molecule has 3 atom stereocenters. The normalized spacial score (nSPS) is 26.1. The van der Waals surface area contributed by atoms with E-state index >= 15 is 0 Å². The molecule has 1 heteroatoms. The average Bonchev–Trinajstić information content (AvgIpc) is 2.73. The maximum Gasteiger partial charge on any atom is 0.0788 e. The summed E-state index contributed by atoms with van der Waals surface area (Å²) in [6.45, 7) is 4.20. The van der Waals surface area contributed by atoms with Gasteiger partial charge in [0, 0.05) is 5.92 Å². The first-order valence-corrected chi connectivity index (χ1v) is 7.19. The highest BCUT2D eigenvalue weighted by atomic mass is 16.3. The zero-order valence-electron chi connectivity index (χ0n) is 12.0. The maximum atomic E-state index is 10.5. The summed E-state index contributed by atoms with van der Waals surface area (Å²) in [5.41, 5.74) is 4.91. The van der Waals surface area contributed by atoms with Crippen LogP contribution in [-0.2, 0) is 0 Å². The Balaban J connectivity index is 2.13. The van der Waals surface area contributed by atoms with Crippen molar-refractivity contribution in [1.29, 1.82) is 0 Å². The molecule has 3 unspecified atom stereocenters. The fourth-order valence-corrected chi connectivity index (χ4v) is 3.40. The second-order valence-corrected chi connectivity index (χ2v) is 5.66. The standard InChI is InChI=1S/C19H20O/c1-13-17(15-9-5-3-6-10-15)18(14(2)19(13)20)16-11-7-4-8-12-16/h3-13,17,19-20H,1-2H3. The molecule has 2 aromatic rings. The van der Waals surface area contributed by atoms with E-state index in [4.69, 9.17) is 0 Å². The first kappa shape index (κ1) is 13.1. The highest BCUT2D eigenvalue weighted by molar-refractivity contribution is 5.77. The Morgan fingerprint density at radius 2 is 1.40 bits per heavy atom. The van der Waals surface area contributed by atoms with Crippen LogP contribution in [0.3, 0.4) is 0 Å². The third-order valence-corrected chi connectivity index (χ3v) is 4.45. The average molecular weight is 264 g/mol. The Kier molecular flexibility index (Phi) is 3.45. The van der Waals surface area contributed by atoms with Crippen LogP contribution in [0.4, 0.5) is 0 Å². The van der Waals surface area contributed by atoms with Crippen LogP contribution in [0.2, 0.25) is 0 Å². The van der Waals surface area contributed by atoms with E-state index in [1.807, 2.05) is 12.1 Å². The van der Waals surface area contributed by atoms with Crippen LogP contribution in [0.15, 0.2) is 66.2 Å². The number of rotatable bonds is 2. The molecule has 1 aliphatic rings. The zero-order valence-corrected chi connectivity index (χ0v) is 12.0. The van der Waals surface area contributed by atoms with Gasteiger partial charge in [0.15, 0.2) is 0 Å². The Bertz CT molecular complexity index is 613. The van der Waals surface area contributed by atoms with Crippen molar-refractivity contribution in [3.63, 3.8) is 0 Å². The second kappa shape index (κ2) is 5.26. The first-order valence-electron chi connectivity index (χ1n) is 7.19. The van der Waals surface area contributed by atoms with Crippen molar-refractivity contribution in [2.45, 2.75) is 25.9 Å². The predicted octanol–water partition coefficient (Wildman–Crippen LogP) is 4.25. The number of aliphatic hydroxyl groups is 1. The van der Waals surface area contributed by atoms with Gasteiger partial charge in [-0.1, -0.05) is 67.6 Å². The van der Waals surface area contributed by atoms with Gasteiger partial charge in [-0.3, -0.25) is 0 Å². The third kappa shape index (κ3) is 2.08. The van der Waals surface area contributed by atoms with E-state index in [0.29, 0.717) is 0 Å². The van der Waals surface area contributed by atoms with Gasteiger partial charge in [-0.05, 0) is 35.1 Å². The molecule has 0 aromatic heterocycles. The minimum absolute atomic E-state index is 0.215. The van der Waals surface area contributed by atoms with Gasteiger partial charge in [0.05, 0.1) is 6.10 Å². The number of hydrogen-bond acceptors (Lipinski definition) is 1. The van der Waals surface area contributed by atoms with Crippen LogP contribution >= 0.6 is 0 Å². The quantitative estimate of drug-likeness (QED) is 0.859. The largest absolute Gasteiger partial charge is 0.388 e. The fourth-order valence-electron chi connectivity index (χ4n) is 3.40. The summed E-state index contributed by atoms with van der Waals surface area (Å²) in [6, 6.07) is 20.9. The number of aliphatic hydroxyl groups excluding tert-OH is 1. The van der Waals surface area contributed by atoms with Crippen molar-refractivity contribution in [2.24, 2.45) is 5.92 Å². The lowest BCUT2D eigenvalue weighted by Gasteiger charge is -2.22. The van der Waals surface area contributed by atoms with Gasteiger partial charge in [0.25, 0.3) is 0 Å². The van der Waals surface area contributed by atoms with E-state index in [0.717, 1.165) is 5.57 Å². The van der Waals surface area contributed by atoms with Crippen molar-refractivity contribution < 1.29 is 5.11 Å². The van der Waals surface area contributed by atoms with Crippen LogP contribution in [0.5, 0.6) is 0 Å². The van der Waals surface area contributed by atoms with Crippen LogP contribution in [-0.4, -0.2) is 11.2 Å². The highest BCUT2D eigenvalue weighted by Crippen LogP contribution is 2.48. The third-order valence-electron chi connectivity index (χ3n) is 4.45. The summed E-state index contributed by atoms with van der Waals surface area (Å²) in [4.78, 5) is 0. The van der Waals surface area contributed by atoms with Crippen molar-refractivity contribution >= 4 is 5.57 Å². The Morgan fingerprint density at radius 1 is 0.850 bits per heavy atom. The summed E-state index contributed by atoms with van der Waals surface area (Å²) in [5.74, 6) is 0.487. The SMILES string of the molecule is CC1=C(c2ccccc2)C(c2ccccc2)C(C)C1O.